The molecule has 0 aromatic carbocycles. The van der Waals surface area contributed by atoms with Crippen molar-refractivity contribution in [1.29, 1.82) is 0 Å². The minimum absolute atomic E-state index is 0.129. The van der Waals surface area contributed by atoms with Crippen LogP contribution in [-0.2, 0) is 4.79 Å². The zero-order valence-electron chi connectivity index (χ0n) is 10.9. The van der Waals surface area contributed by atoms with Crippen molar-refractivity contribution >= 4 is 5.97 Å². The lowest BCUT2D eigenvalue weighted by atomic mass is 9.97. The van der Waals surface area contributed by atoms with Crippen LogP contribution in [0.3, 0.4) is 0 Å². The highest BCUT2D eigenvalue weighted by Crippen LogP contribution is 2.32. The van der Waals surface area contributed by atoms with Gasteiger partial charge in [0.1, 0.15) is 0 Å². The Kier molecular flexibility index (Phi) is 4.05. The van der Waals surface area contributed by atoms with Crippen LogP contribution >= 0.6 is 0 Å². The van der Waals surface area contributed by atoms with Crippen molar-refractivity contribution < 1.29 is 9.90 Å². The molecule has 0 aromatic heterocycles. The molecule has 0 aromatic rings. The van der Waals surface area contributed by atoms with Crippen molar-refractivity contribution in [3.63, 3.8) is 0 Å². The Balaban J connectivity index is 1.99. The second-order valence-corrected chi connectivity index (χ2v) is 5.70. The molecular formula is C13H24N2O2. The van der Waals surface area contributed by atoms with E-state index in [1.165, 1.54) is 12.8 Å². The van der Waals surface area contributed by atoms with Gasteiger partial charge in [0.25, 0.3) is 0 Å². The molecule has 1 saturated carbocycles. The van der Waals surface area contributed by atoms with Gasteiger partial charge in [-0.3, -0.25) is 9.69 Å². The minimum Gasteiger partial charge on any atom is -0.481 e. The summed E-state index contributed by atoms with van der Waals surface area (Å²) in [5, 5.41) is 9.25. The van der Waals surface area contributed by atoms with Crippen molar-refractivity contribution in [2.75, 3.05) is 27.2 Å². The molecule has 3 atom stereocenters. The van der Waals surface area contributed by atoms with Crippen LogP contribution < -0.4 is 0 Å². The van der Waals surface area contributed by atoms with Gasteiger partial charge in [-0.05, 0) is 46.3 Å². The van der Waals surface area contributed by atoms with E-state index in [4.69, 9.17) is 0 Å². The third kappa shape index (κ3) is 2.80. The first kappa shape index (κ1) is 12.8. The quantitative estimate of drug-likeness (QED) is 0.806. The molecule has 1 saturated heterocycles. The van der Waals surface area contributed by atoms with E-state index in [9.17, 15) is 9.90 Å². The van der Waals surface area contributed by atoms with Crippen molar-refractivity contribution in [1.82, 2.24) is 9.80 Å². The normalized spacial score (nSPS) is 35.4. The van der Waals surface area contributed by atoms with E-state index in [2.05, 4.69) is 23.9 Å². The predicted octanol–water partition coefficient (Wildman–Crippen LogP) is 1.27. The molecule has 0 radical (unpaired) electrons. The number of rotatable bonds is 3. The summed E-state index contributed by atoms with van der Waals surface area (Å²) in [6, 6.07) is 0.883. The van der Waals surface area contributed by atoms with Gasteiger partial charge in [-0.1, -0.05) is 6.42 Å². The van der Waals surface area contributed by atoms with Crippen LogP contribution in [0, 0.1) is 5.92 Å². The standard InChI is InChI=1S/C13H24N2O2/c1-14(2)10-5-4-8-15(9-10)12-7-3-6-11(12)13(16)17/h10-12H,3-9H2,1-2H3,(H,16,17). The Morgan fingerprint density at radius 1 is 1.24 bits per heavy atom. The predicted molar refractivity (Wildman–Crippen MR) is 67.0 cm³/mol. The lowest BCUT2D eigenvalue weighted by Crippen LogP contribution is -2.51. The summed E-state index contributed by atoms with van der Waals surface area (Å²) in [5.41, 5.74) is 0. The van der Waals surface area contributed by atoms with Gasteiger partial charge >= 0.3 is 5.97 Å². The number of carboxylic acids is 1. The molecule has 17 heavy (non-hydrogen) atoms. The zero-order chi connectivity index (χ0) is 12.4. The molecule has 1 heterocycles. The van der Waals surface area contributed by atoms with Crippen LogP contribution in [-0.4, -0.2) is 60.1 Å². The van der Waals surface area contributed by atoms with Crippen LogP contribution in [0.15, 0.2) is 0 Å². The van der Waals surface area contributed by atoms with Gasteiger partial charge in [0.05, 0.1) is 5.92 Å². The summed E-state index contributed by atoms with van der Waals surface area (Å²) < 4.78 is 0. The van der Waals surface area contributed by atoms with Gasteiger partial charge in [-0.2, -0.15) is 0 Å². The van der Waals surface area contributed by atoms with E-state index in [1.807, 2.05) is 0 Å². The smallest absolute Gasteiger partial charge is 0.308 e. The SMILES string of the molecule is CN(C)C1CCCN(C2CCCC2C(=O)O)C1. The number of carbonyl (C=O) groups is 1. The molecule has 2 aliphatic rings. The molecule has 1 aliphatic carbocycles. The summed E-state index contributed by atoms with van der Waals surface area (Å²) >= 11 is 0. The second kappa shape index (κ2) is 5.36. The highest BCUT2D eigenvalue weighted by Gasteiger charge is 2.38. The number of hydrogen-bond acceptors (Lipinski definition) is 3. The molecule has 98 valence electrons. The molecule has 2 fully saturated rings. The summed E-state index contributed by atoms with van der Waals surface area (Å²) in [6.07, 6.45) is 5.45. The highest BCUT2D eigenvalue weighted by atomic mass is 16.4. The molecule has 1 aliphatic heterocycles. The largest absolute Gasteiger partial charge is 0.481 e. The average Bonchev–Trinajstić information content (AvgIpc) is 2.78. The van der Waals surface area contributed by atoms with Crippen molar-refractivity contribution in [3.8, 4) is 0 Å². The molecule has 4 heteroatoms. The monoisotopic (exact) mass is 240 g/mol. The van der Waals surface area contributed by atoms with Gasteiger partial charge in [0, 0.05) is 18.6 Å². The number of nitrogens with zero attached hydrogens (tertiary/aromatic N) is 2. The van der Waals surface area contributed by atoms with E-state index >= 15 is 0 Å². The molecule has 1 N–H and O–H groups in total. The zero-order valence-corrected chi connectivity index (χ0v) is 10.9. The number of piperidine rings is 1. The third-order valence-electron chi connectivity index (χ3n) is 4.42. The second-order valence-electron chi connectivity index (χ2n) is 5.70. The van der Waals surface area contributed by atoms with Crippen LogP contribution in [0.2, 0.25) is 0 Å². The first-order valence-corrected chi connectivity index (χ1v) is 6.73. The number of likely N-dealkylation sites (tertiary alicyclic amines) is 1. The van der Waals surface area contributed by atoms with Crippen molar-refractivity contribution in [3.05, 3.63) is 0 Å². The maximum atomic E-state index is 11.2. The molecule has 4 nitrogen and oxygen atoms in total. The molecule has 0 bridgehead atoms. The van der Waals surface area contributed by atoms with E-state index in [0.717, 1.165) is 32.4 Å². The van der Waals surface area contributed by atoms with E-state index < -0.39 is 5.97 Å². The molecule has 3 unspecified atom stereocenters. The van der Waals surface area contributed by atoms with Gasteiger partial charge in [0.15, 0.2) is 0 Å². The highest BCUT2D eigenvalue weighted by molar-refractivity contribution is 5.71. The van der Waals surface area contributed by atoms with E-state index in [-0.39, 0.29) is 12.0 Å². The fraction of sp³-hybridized carbons (Fsp3) is 0.923. The van der Waals surface area contributed by atoms with Crippen molar-refractivity contribution in [2.45, 2.75) is 44.2 Å². The van der Waals surface area contributed by atoms with Crippen LogP contribution in [0.25, 0.3) is 0 Å². The minimum atomic E-state index is -0.598. The molecule has 0 amide bonds. The topological polar surface area (TPSA) is 43.8 Å². The van der Waals surface area contributed by atoms with Gasteiger partial charge < -0.3 is 10.0 Å². The summed E-state index contributed by atoms with van der Waals surface area (Å²) in [6.45, 7) is 2.13. The number of aliphatic carboxylic acids is 1. The lowest BCUT2D eigenvalue weighted by Gasteiger charge is -2.40. The van der Waals surface area contributed by atoms with Gasteiger partial charge in [-0.15, -0.1) is 0 Å². The van der Waals surface area contributed by atoms with E-state index in [0.29, 0.717) is 6.04 Å². The van der Waals surface area contributed by atoms with Crippen LogP contribution in [0.5, 0.6) is 0 Å². The van der Waals surface area contributed by atoms with Gasteiger partial charge in [-0.25, -0.2) is 0 Å². The summed E-state index contributed by atoms with van der Waals surface area (Å²) in [7, 11) is 4.25. The number of carboxylic acid groups (broad SMARTS) is 1. The first-order valence-electron chi connectivity index (χ1n) is 6.73. The first-order chi connectivity index (χ1) is 8.09. The van der Waals surface area contributed by atoms with E-state index in [1.54, 1.807) is 0 Å². The molecular weight excluding hydrogens is 216 g/mol. The number of hydrogen-bond donors (Lipinski definition) is 1. The maximum Gasteiger partial charge on any atom is 0.308 e. The Morgan fingerprint density at radius 2 is 2.00 bits per heavy atom. The number of likely N-dealkylation sites (N-methyl/N-ethyl adjacent to an activating group) is 1. The van der Waals surface area contributed by atoms with Gasteiger partial charge in [0.2, 0.25) is 0 Å². The average molecular weight is 240 g/mol. The van der Waals surface area contributed by atoms with Crippen LogP contribution in [0.1, 0.15) is 32.1 Å². The summed E-state index contributed by atoms with van der Waals surface area (Å²) in [4.78, 5) is 15.9. The Morgan fingerprint density at radius 3 is 2.65 bits per heavy atom. The Labute approximate surface area is 104 Å². The fourth-order valence-corrected chi connectivity index (χ4v) is 3.37. The lowest BCUT2D eigenvalue weighted by molar-refractivity contribution is -0.143. The summed E-state index contributed by atoms with van der Waals surface area (Å²) in [5.74, 6) is -0.726. The molecule has 2 rings (SSSR count). The Bertz CT molecular complexity index is 281. The van der Waals surface area contributed by atoms with Crippen LogP contribution in [0.4, 0.5) is 0 Å². The van der Waals surface area contributed by atoms with Crippen molar-refractivity contribution in [2.24, 2.45) is 5.92 Å². The Hall–Kier alpha value is -0.610. The molecule has 0 spiro atoms. The maximum absolute atomic E-state index is 11.2. The third-order valence-corrected chi connectivity index (χ3v) is 4.42. The fourth-order valence-electron chi connectivity index (χ4n) is 3.37.